The van der Waals surface area contributed by atoms with Gasteiger partial charge in [0.05, 0.1) is 12.2 Å². The molecule has 0 aliphatic carbocycles. The molecule has 0 fully saturated rings. The van der Waals surface area contributed by atoms with Gasteiger partial charge in [-0.15, -0.1) is 0 Å². The number of ether oxygens (including phenoxy) is 2. The molecule has 0 saturated carbocycles. The van der Waals surface area contributed by atoms with E-state index >= 15 is 0 Å². The van der Waals surface area contributed by atoms with Gasteiger partial charge in [-0.3, -0.25) is 9.59 Å². The number of aryl methyl sites for hydroxylation is 1. The fraction of sp³-hybridized carbons (Fsp3) is 0.636. The SMILES string of the molecule is CCCCCCCCCC1(CC(=O)NCc2c(O)c(=O)cc(C)n2C)OC=CO1. The van der Waals surface area contributed by atoms with Gasteiger partial charge in [-0.1, -0.05) is 45.4 Å². The molecule has 29 heavy (non-hydrogen) atoms. The van der Waals surface area contributed by atoms with Gasteiger partial charge in [0.25, 0.3) is 5.79 Å². The summed E-state index contributed by atoms with van der Waals surface area (Å²) in [6.07, 6.45) is 11.8. The Hall–Kier alpha value is -2.44. The molecule has 1 amide bonds. The van der Waals surface area contributed by atoms with Crippen LogP contribution in [0.3, 0.4) is 0 Å². The molecule has 1 aromatic rings. The Morgan fingerprint density at radius 2 is 1.76 bits per heavy atom. The van der Waals surface area contributed by atoms with Gasteiger partial charge in [0.1, 0.15) is 18.9 Å². The highest BCUT2D eigenvalue weighted by Gasteiger charge is 2.37. The highest BCUT2D eigenvalue weighted by Crippen LogP contribution is 2.30. The Bertz CT molecular complexity index is 761. The normalized spacial score (nSPS) is 14.4. The molecular weight excluding hydrogens is 372 g/mol. The van der Waals surface area contributed by atoms with Gasteiger partial charge in [-0.2, -0.15) is 0 Å². The van der Waals surface area contributed by atoms with Gasteiger partial charge in [0.15, 0.2) is 5.75 Å². The molecule has 2 N–H and O–H groups in total. The number of nitrogens with one attached hydrogen (secondary N) is 1. The van der Waals surface area contributed by atoms with Crippen LogP contribution in [0, 0.1) is 6.92 Å². The quantitative estimate of drug-likeness (QED) is 0.516. The predicted octanol–water partition coefficient (Wildman–Crippen LogP) is 3.76. The molecule has 1 aliphatic heterocycles. The van der Waals surface area contributed by atoms with Gasteiger partial charge < -0.3 is 24.5 Å². The van der Waals surface area contributed by atoms with Crippen LogP contribution in [0.5, 0.6) is 5.75 Å². The number of aromatic hydroxyl groups is 1. The van der Waals surface area contributed by atoms with Crippen LogP contribution in [0.4, 0.5) is 0 Å². The van der Waals surface area contributed by atoms with E-state index in [1.54, 1.807) is 18.5 Å². The highest BCUT2D eigenvalue weighted by atomic mass is 16.7. The molecule has 2 rings (SSSR count). The maximum Gasteiger partial charge on any atom is 0.258 e. The minimum Gasteiger partial charge on any atom is -0.503 e. The van der Waals surface area contributed by atoms with Crippen LogP contribution in [0.25, 0.3) is 0 Å². The van der Waals surface area contributed by atoms with Crippen molar-refractivity contribution in [1.82, 2.24) is 9.88 Å². The van der Waals surface area contributed by atoms with E-state index in [0.717, 1.165) is 12.8 Å². The molecule has 1 aliphatic rings. The first-order chi connectivity index (χ1) is 13.9. The number of hydrogen-bond donors (Lipinski definition) is 2. The number of carbonyl (C=O) groups excluding carboxylic acids is 1. The second-order valence-electron chi connectivity index (χ2n) is 7.75. The molecule has 0 saturated heterocycles. The summed E-state index contributed by atoms with van der Waals surface area (Å²) < 4.78 is 12.9. The lowest BCUT2D eigenvalue weighted by atomic mass is 10.0. The maximum absolute atomic E-state index is 12.5. The molecule has 0 spiro atoms. The first-order valence-electron chi connectivity index (χ1n) is 10.5. The summed E-state index contributed by atoms with van der Waals surface area (Å²) in [5.74, 6) is -1.56. The Morgan fingerprint density at radius 3 is 2.41 bits per heavy atom. The van der Waals surface area contributed by atoms with E-state index in [4.69, 9.17) is 9.47 Å². The average molecular weight is 407 g/mol. The fourth-order valence-corrected chi connectivity index (χ4v) is 3.53. The van der Waals surface area contributed by atoms with Gasteiger partial charge in [-0.05, 0) is 13.3 Å². The molecule has 0 unspecified atom stereocenters. The minimum absolute atomic E-state index is 0.0519. The van der Waals surface area contributed by atoms with Crippen molar-refractivity contribution in [2.75, 3.05) is 0 Å². The number of unbranched alkanes of at least 4 members (excludes halogenated alkanes) is 6. The molecule has 0 atom stereocenters. The Labute approximate surface area is 172 Å². The van der Waals surface area contributed by atoms with Gasteiger partial charge in [-0.25, -0.2) is 0 Å². The van der Waals surface area contributed by atoms with Crippen LogP contribution in [-0.2, 0) is 27.9 Å². The third-order valence-corrected chi connectivity index (χ3v) is 5.45. The van der Waals surface area contributed by atoms with Crippen LogP contribution >= 0.6 is 0 Å². The van der Waals surface area contributed by atoms with Crippen LogP contribution in [0.2, 0.25) is 0 Å². The van der Waals surface area contributed by atoms with Gasteiger partial charge >= 0.3 is 0 Å². The van der Waals surface area contributed by atoms with E-state index in [1.807, 2.05) is 0 Å². The fourth-order valence-electron chi connectivity index (χ4n) is 3.53. The van der Waals surface area contributed by atoms with E-state index in [9.17, 15) is 14.7 Å². The Morgan fingerprint density at radius 1 is 1.14 bits per heavy atom. The van der Waals surface area contributed by atoms with Crippen molar-refractivity contribution in [2.45, 2.75) is 84.0 Å². The lowest BCUT2D eigenvalue weighted by molar-refractivity contribution is -0.163. The Kier molecular flexibility index (Phi) is 8.61. The average Bonchev–Trinajstić information content (AvgIpc) is 3.14. The van der Waals surface area contributed by atoms with E-state index in [0.29, 0.717) is 17.8 Å². The topological polar surface area (TPSA) is 89.8 Å². The minimum atomic E-state index is -0.964. The summed E-state index contributed by atoms with van der Waals surface area (Å²) in [7, 11) is 1.74. The molecule has 1 aromatic heterocycles. The number of rotatable bonds is 12. The summed E-state index contributed by atoms with van der Waals surface area (Å²) >= 11 is 0. The van der Waals surface area contributed by atoms with E-state index in [1.165, 1.54) is 50.7 Å². The van der Waals surface area contributed by atoms with Crippen LogP contribution < -0.4 is 10.7 Å². The zero-order chi connectivity index (χ0) is 21.3. The summed E-state index contributed by atoms with van der Waals surface area (Å²) in [6.45, 7) is 4.03. The molecular formula is C22H34N2O5. The van der Waals surface area contributed by atoms with Crippen LogP contribution in [0.1, 0.15) is 76.1 Å². The smallest absolute Gasteiger partial charge is 0.258 e. The zero-order valence-corrected chi connectivity index (χ0v) is 17.8. The van der Waals surface area contributed by atoms with Gasteiger partial charge in [0, 0.05) is 25.2 Å². The summed E-state index contributed by atoms with van der Waals surface area (Å²) in [6, 6.07) is 1.36. The van der Waals surface area contributed by atoms with Crippen molar-refractivity contribution >= 4 is 5.91 Å². The lowest BCUT2D eigenvalue weighted by Gasteiger charge is -2.27. The van der Waals surface area contributed by atoms with Crippen molar-refractivity contribution < 1.29 is 19.4 Å². The van der Waals surface area contributed by atoms with Crippen LogP contribution in [-0.4, -0.2) is 21.4 Å². The number of amides is 1. The lowest BCUT2D eigenvalue weighted by Crippen LogP contribution is -2.38. The maximum atomic E-state index is 12.5. The first kappa shape index (κ1) is 22.8. The van der Waals surface area contributed by atoms with E-state index < -0.39 is 11.2 Å². The molecule has 162 valence electrons. The summed E-state index contributed by atoms with van der Waals surface area (Å²) in [5.41, 5.74) is 0.627. The number of hydrogen-bond acceptors (Lipinski definition) is 5. The van der Waals surface area contributed by atoms with Crippen molar-refractivity contribution in [3.8, 4) is 5.75 Å². The van der Waals surface area contributed by atoms with Crippen molar-refractivity contribution in [3.05, 3.63) is 40.2 Å². The largest absolute Gasteiger partial charge is 0.503 e. The molecule has 0 radical (unpaired) electrons. The predicted molar refractivity (Wildman–Crippen MR) is 111 cm³/mol. The monoisotopic (exact) mass is 406 g/mol. The number of aromatic nitrogens is 1. The van der Waals surface area contributed by atoms with Crippen molar-refractivity contribution in [3.63, 3.8) is 0 Å². The van der Waals surface area contributed by atoms with E-state index in [-0.39, 0.29) is 24.6 Å². The van der Waals surface area contributed by atoms with E-state index in [2.05, 4.69) is 12.2 Å². The van der Waals surface area contributed by atoms with Gasteiger partial charge in [0.2, 0.25) is 11.3 Å². The second-order valence-corrected chi connectivity index (χ2v) is 7.75. The third kappa shape index (κ3) is 6.54. The molecule has 7 nitrogen and oxygen atoms in total. The molecule has 0 aromatic carbocycles. The Balaban J connectivity index is 1.85. The third-order valence-electron chi connectivity index (χ3n) is 5.45. The van der Waals surface area contributed by atoms with Crippen LogP contribution in [0.15, 0.2) is 23.4 Å². The summed E-state index contributed by atoms with van der Waals surface area (Å²) in [4.78, 5) is 24.3. The van der Waals surface area contributed by atoms with Crippen molar-refractivity contribution in [2.24, 2.45) is 7.05 Å². The molecule has 0 bridgehead atoms. The zero-order valence-electron chi connectivity index (χ0n) is 17.8. The number of nitrogens with zero attached hydrogens (tertiary/aromatic N) is 1. The second kappa shape index (κ2) is 10.9. The molecule has 7 heteroatoms. The number of carbonyl (C=O) groups is 1. The standard InChI is InChI=1S/C22H34N2O5/c1-4-5-6-7-8-9-10-11-22(28-12-13-29-22)15-20(26)23-16-18-21(27)19(25)14-17(2)24(18)3/h12-14,27H,4-11,15-16H2,1-3H3,(H,23,26). The first-order valence-corrected chi connectivity index (χ1v) is 10.5. The highest BCUT2D eigenvalue weighted by molar-refractivity contribution is 5.76. The summed E-state index contributed by atoms with van der Waals surface area (Å²) in [5, 5.41) is 12.8. The molecule has 2 heterocycles. The van der Waals surface area contributed by atoms with Crippen molar-refractivity contribution in [1.29, 1.82) is 0 Å². The number of pyridine rings is 1.